The van der Waals surface area contributed by atoms with Crippen molar-refractivity contribution in [1.29, 1.82) is 0 Å². The van der Waals surface area contributed by atoms with Crippen molar-refractivity contribution in [3.05, 3.63) is 96.2 Å². The van der Waals surface area contributed by atoms with E-state index in [4.69, 9.17) is 9.47 Å². The molecule has 2 heterocycles. The number of nitrogens with zero attached hydrogens (tertiary/aromatic N) is 2. The molecule has 2 aromatic carbocycles. The number of methoxy groups -OCH3 is 1. The van der Waals surface area contributed by atoms with Gasteiger partial charge in [0.05, 0.1) is 35.6 Å². The van der Waals surface area contributed by atoms with Crippen molar-refractivity contribution < 1.29 is 14.3 Å². The number of rotatable bonds is 6. The van der Waals surface area contributed by atoms with Gasteiger partial charge >= 0.3 is 5.97 Å². The summed E-state index contributed by atoms with van der Waals surface area (Å²) in [5.41, 5.74) is 3.61. The number of aromatic nitrogens is 1. The van der Waals surface area contributed by atoms with Gasteiger partial charge in [0.25, 0.3) is 5.56 Å². The molecule has 0 aliphatic carbocycles. The highest BCUT2D eigenvalue weighted by molar-refractivity contribution is 7.07. The number of hydrogen-bond donors (Lipinski definition) is 0. The van der Waals surface area contributed by atoms with Crippen LogP contribution in [0, 0.1) is 0 Å². The molecular formula is C27H28N2O4S. The highest BCUT2D eigenvalue weighted by Gasteiger charge is 2.33. The van der Waals surface area contributed by atoms with Gasteiger partial charge in [-0.25, -0.2) is 9.79 Å². The van der Waals surface area contributed by atoms with Crippen LogP contribution in [0.25, 0.3) is 6.08 Å². The highest BCUT2D eigenvalue weighted by atomic mass is 32.1. The Morgan fingerprint density at radius 3 is 2.59 bits per heavy atom. The van der Waals surface area contributed by atoms with Crippen LogP contribution in [0.5, 0.6) is 5.75 Å². The monoisotopic (exact) mass is 476 g/mol. The smallest absolute Gasteiger partial charge is 0.338 e. The molecule has 1 aliphatic rings. The van der Waals surface area contributed by atoms with Gasteiger partial charge in [0.15, 0.2) is 4.80 Å². The molecule has 34 heavy (non-hydrogen) atoms. The van der Waals surface area contributed by atoms with E-state index >= 15 is 0 Å². The summed E-state index contributed by atoms with van der Waals surface area (Å²) in [5, 5.41) is 0. The van der Waals surface area contributed by atoms with Gasteiger partial charge in [0.1, 0.15) is 5.75 Å². The molecule has 0 spiro atoms. The lowest BCUT2D eigenvalue weighted by Crippen LogP contribution is -2.39. The van der Waals surface area contributed by atoms with Crippen molar-refractivity contribution in [2.24, 2.45) is 4.99 Å². The van der Waals surface area contributed by atoms with Crippen molar-refractivity contribution in [2.45, 2.75) is 39.7 Å². The molecule has 1 aromatic heterocycles. The van der Waals surface area contributed by atoms with Gasteiger partial charge in [-0.3, -0.25) is 9.36 Å². The molecule has 4 rings (SSSR count). The van der Waals surface area contributed by atoms with Crippen molar-refractivity contribution in [3.63, 3.8) is 0 Å². The second kappa shape index (κ2) is 9.81. The maximum absolute atomic E-state index is 13.6. The molecule has 3 aromatic rings. The number of esters is 1. The van der Waals surface area contributed by atoms with Crippen LogP contribution in [0.1, 0.15) is 56.3 Å². The second-order valence-electron chi connectivity index (χ2n) is 8.40. The molecule has 1 aliphatic heterocycles. The van der Waals surface area contributed by atoms with Gasteiger partial charge in [0.2, 0.25) is 0 Å². The lowest BCUT2D eigenvalue weighted by molar-refractivity contribution is -0.136. The number of ether oxygens (including phenoxy) is 2. The molecule has 176 valence electrons. The van der Waals surface area contributed by atoms with E-state index < -0.39 is 12.0 Å². The first kappa shape index (κ1) is 23.7. The zero-order valence-electron chi connectivity index (χ0n) is 20.0. The standard InChI is InChI=1S/C27H28N2O4S/c1-6-33-21-9-7-8-18(14-21)15-22-25(30)29-24(20-12-10-19(11-13-20)16(2)3)23(26(31)32-5)17(4)28-27(29)34-22/h7-16,24H,6H2,1-5H3/b22-15+/t24-/m0/s1. The Balaban J connectivity index is 1.90. The maximum atomic E-state index is 13.6. The van der Waals surface area contributed by atoms with E-state index in [2.05, 4.69) is 18.8 Å². The Hall–Kier alpha value is -3.45. The van der Waals surface area contributed by atoms with E-state index in [9.17, 15) is 9.59 Å². The Morgan fingerprint density at radius 2 is 1.94 bits per heavy atom. The van der Waals surface area contributed by atoms with Crippen molar-refractivity contribution in [2.75, 3.05) is 13.7 Å². The number of carbonyl (C=O) groups is 1. The fourth-order valence-corrected chi connectivity index (χ4v) is 5.13. The van der Waals surface area contributed by atoms with Gasteiger partial charge in [-0.15, -0.1) is 0 Å². The number of thiazole rings is 1. The molecule has 0 bridgehead atoms. The predicted octanol–water partition coefficient (Wildman–Crippen LogP) is 3.93. The minimum Gasteiger partial charge on any atom is -0.494 e. The van der Waals surface area contributed by atoms with Gasteiger partial charge in [-0.1, -0.05) is 61.6 Å². The van der Waals surface area contributed by atoms with E-state index in [-0.39, 0.29) is 5.56 Å². The summed E-state index contributed by atoms with van der Waals surface area (Å²) >= 11 is 1.31. The Bertz CT molecular complexity index is 1430. The van der Waals surface area contributed by atoms with Crippen molar-refractivity contribution in [1.82, 2.24) is 4.57 Å². The zero-order chi connectivity index (χ0) is 24.4. The Kier molecular flexibility index (Phi) is 6.84. The van der Waals surface area contributed by atoms with Gasteiger partial charge in [-0.05, 0) is 54.7 Å². The van der Waals surface area contributed by atoms with Crippen LogP contribution in [-0.2, 0) is 9.53 Å². The third-order valence-corrected chi connectivity index (χ3v) is 6.80. The van der Waals surface area contributed by atoms with Gasteiger partial charge in [0, 0.05) is 0 Å². The molecule has 0 fully saturated rings. The number of benzene rings is 2. The van der Waals surface area contributed by atoms with Gasteiger partial charge < -0.3 is 9.47 Å². The molecule has 0 radical (unpaired) electrons. The van der Waals surface area contributed by atoms with Crippen LogP contribution in [0.2, 0.25) is 0 Å². The Morgan fingerprint density at radius 1 is 1.21 bits per heavy atom. The topological polar surface area (TPSA) is 69.9 Å². The molecule has 0 unspecified atom stereocenters. The highest BCUT2D eigenvalue weighted by Crippen LogP contribution is 2.31. The number of hydrogen-bond acceptors (Lipinski definition) is 6. The van der Waals surface area contributed by atoms with Crippen LogP contribution in [0.4, 0.5) is 0 Å². The molecule has 1 atom stereocenters. The van der Waals surface area contributed by atoms with E-state index in [1.165, 1.54) is 24.0 Å². The zero-order valence-corrected chi connectivity index (χ0v) is 20.8. The van der Waals surface area contributed by atoms with Crippen LogP contribution in [-0.4, -0.2) is 24.3 Å². The lowest BCUT2D eigenvalue weighted by Gasteiger charge is -2.24. The number of carbonyl (C=O) groups excluding carboxylic acids is 1. The summed E-state index contributed by atoms with van der Waals surface area (Å²) < 4.78 is 12.8. The average molecular weight is 477 g/mol. The van der Waals surface area contributed by atoms with Crippen LogP contribution < -0.4 is 19.6 Å². The first-order valence-electron chi connectivity index (χ1n) is 11.3. The third kappa shape index (κ3) is 4.48. The summed E-state index contributed by atoms with van der Waals surface area (Å²) in [6, 6.07) is 15.0. The molecule has 7 heteroatoms. The molecular weight excluding hydrogens is 448 g/mol. The second-order valence-corrected chi connectivity index (χ2v) is 9.41. The fraction of sp³-hybridized carbons (Fsp3) is 0.296. The minimum atomic E-state index is -0.609. The summed E-state index contributed by atoms with van der Waals surface area (Å²) in [7, 11) is 1.35. The van der Waals surface area contributed by atoms with E-state index in [1.54, 1.807) is 11.5 Å². The summed E-state index contributed by atoms with van der Waals surface area (Å²) in [6.07, 6.45) is 1.84. The van der Waals surface area contributed by atoms with Crippen LogP contribution in [0.15, 0.2) is 69.6 Å². The summed E-state index contributed by atoms with van der Waals surface area (Å²) in [6.45, 7) is 8.53. The molecule has 6 nitrogen and oxygen atoms in total. The number of fused-ring (bicyclic) bond motifs is 1. The molecule has 0 N–H and O–H groups in total. The molecule has 0 saturated heterocycles. The SMILES string of the molecule is CCOc1cccc(/C=c2/sc3n(c2=O)[C@@H](c2ccc(C(C)C)cc2)C(C(=O)OC)=C(C)N=3)c1. The predicted molar refractivity (Wildman–Crippen MR) is 134 cm³/mol. The van der Waals surface area contributed by atoms with Crippen molar-refractivity contribution in [3.8, 4) is 5.75 Å². The normalized spacial score (nSPS) is 15.8. The fourth-order valence-electron chi connectivity index (χ4n) is 4.08. The first-order chi connectivity index (χ1) is 16.3. The first-order valence-corrected chi connectivity index (χ1v) is 12.1. The molecule has 0 saturated carbocycles. The van der Waals surface area contributed by atoms with Crippen LogP contribution in [0.3, 0.4) is 0 Å². The quantitative estimate of drug-likeness (QED) is 0.506. The maximum Gasteiger partial charge on any atom is 0.338 e. The molecule has 0 amide bonds. The van der Waals surface area contributed by atoms with E-state index in [0.717, 1.165) is 16.9 Å². The number of allylic oxidation sites excluding steroid dienone is 1. The van der Waals surface area contributed by atoms with Gasteiger partial charge in [-0.2, -0.15) is 0 Å². The average Bonchev–Trinajstić information content (AvgIpc) is 3.12. The van der Waals surface area contributed by atoms with E-state index in [1.807, 2.05) is 61.5 Å². The lowest BCUT2D eigenvalue weighted by atomic mass is 9.93. The van der Waals surface area contributed by atoms with Crippen molar-refractivity contribution >= 4 is 23.4 Å². The largest absolute Gasteiger partial charge is 0.494 e. The van der Waals surface area contributed by atoms with E-state index in [0.29, 0.717) is 33.1 Å². The summed E-state index contributed by atoms with van der Waals surface area (Å²) in [5.74, 6) is 0.634. The third-order valence-electron chi connectivity index (χ3n) is 5.81. The summed E-state index contributed by atoms with van der Waals surface area (Å²) in [4.78, 5) is 31.6. The Labute approximate surface area is 202 Å². The minimum absolute atomic E-state index is 0.197. The van der Waals surface area contributed by atoms with Crippen LogP contribution >= 0.6 is 11.3 Å².